The Morgan fingerprint density at radius 2 is 2.32 bits per heavy atom. The third kappa shape index (κ3) is 5.96. The van der Waals surface area contributed by atoms with Crippen molar-refractivity contribution in [3.05, 3.63) is 5.69 Å². The molecular weight excluding hydrogens is 262 g/mol. The van der Waals surface area contributed by atoms with Crippen molar-refractivity contribution < 1.29 is 4.74 Å². The maximum absolute atomic E-state index is 8.69. The van der Waals surface area contributed by atoms with Crippen molar-refractivity contribution in [3.63, 3.8) is 0 Å². The standard InChI is InChI=1S/C12H21N5OS/c1-3-6-14-12-11(15-16-19-12)10-17(7-4-5-13)8-9-18-2/h14H,3-4,6-10H2,1-2H3. The normalized spacial score (nSPS) is 10.6. The molecule has 0 aliphatic carbocycles. The molecule has 7 heteroatoms. The zero-order valence-electron chi connectivity index (χ0n) is 11.6. The van der Waals surface area contributed by atoms with E-state index in [1.54, 1.807) is 7.11 Å². The fraction of sp³-hybridized carbons (Fsp3) is 0.750. The first-order valence-electron chi connectivity index (χ1n) is 6.45. The number of hydrogen-bond donors (Lipinski definition) is 1. The molecule has 0 fully saturated rings. The number of aromatic nitrogens is 2. The van der Waals surface area contributed by atoms with E-state index < -0.39 is 0 Å². The molecule has 0 atom stereocenters. The van der Waals surface area contributed by atoms with Crippen molar-refractivity contribution in [2.45, 2.75) is 26.3 Å². The summed E-state index contributed by atoms with van der Waals surface area (Å²) in [6.45, 7) is 5.92. The van der Waals surface area contributed by atoms with Gasteiger partial charge in [0.15, 0.2) is 0 Å². The number of nitrogens with one attached hydrogen (secondary N) is 1. The molecule has 0 unspecified atom stereocenters. The van der Waals surface area contributed by atoms with Crippen LogP contribution in [0, 0.1) is 11.3 Å². The lowest BCUT2D eigenvalue weighted by Gasteiger charge is -2.19. The van der Waals surface area contributed by atoms with Gasteiger partial charge in [0.25, 0.3) is 0 Å². The number of nitrogens with zero attached hydrogens (tertiary/aromatic N) is 4. The summed E-state index contributed by atoms with van der Waals surface area (Å²) in [5.74, 6) is 0. The first kappa shape index (κ1) is 15.8. The van der Waals surface area contributed by atoms with Gasteiger partial charge in [0.1, 0.15) is 10.7 Å². The molecule has 19 heavy (non-hydrogen) atoms. The predicted molar refractivity (Wildman–Crippen MR) is 76.1 cm³/mol. The van der Waals surface area contributed by atoms with Gasteiger partial charge >= 0.3 is 0 Å². The Morgan fingerprint density at radius 3 is 3.00 bits per heavy atom. The third-order valence-corrected chi connectivity index (χ3v) is 3.34. The van der Waals surface area contributed by atoms with E-state index in [4.69, 9.17) is 10.00 Å². The molecule has 0 aliphatic heterocycles. The van der Waals surface area contributed by atoms with E-state index in [0.29, 0.717) is 19.6 Å². The Labute approximate surface area is 118 Å². The number of anilines is 1. The van der Waals surface area contributed by atoms with Crippen LogP contribution in [-0.4, -0.2) is 47.8 Å². The highest BCUT2D eigenvalue weighted by atomic mass is 32.1. The molecule has 1 aromatic rings. The van der Waals surface area contributed by atoms with Gasteiger partial charge in [0.2, 0.25) is 0 Å². The SMILES string of the molecule is CCCNc1snnc1CN(CCC#N)CCOC. The summed E-state index contributed by atoms with van der Waals surface area (Å²) < 4.78 is 9.09. The summed E-state index contributed by atoms with van der Waals surface area (Å²) in [6, 6.07) is 2.17. The topological polar surface area (TPSA) is 74.1 Å². The highest BCUT2D eigenvalue weighted by molar-refractivity contribution is 7.10. The molecular formula is C12H21N5OS. The monoisotopic (exact) mass is 283 g/mol. The van der Waals surface area contributed by atoms with Gasteiger partial charge in [-0.2, -0.15) is 5.26 Å². The molecule has 0 radical (unpaired) electrons. The lowest BCUT2D eigenvalue weighted by Crippen LogP contribution is -2.28. The molecule has 106 valence electrons. The molecule has 1 N–H and O–H groups in total. The van der Waals surface area contributed by atoms with Gasteiger partial charge in [-0.3, -0.25) is 4.90 Å². The van der Waals surface area contributed by atoms with E-state index in [2.05, 4.69) is 32.8 Å². The highest BCUT2D eigenvalue weighted by Gasteiger charge is 2.12. The average molecular weight is 283 g/mol. The van der Waals surface area contributed by atoms with Gasteiger partial charge in [-0.25, -0.2) is 0 Å². The summed E-state index contributed by atoms with van der Waals surface area (Å²) >= 11 is 1.38. The predicted octanol–water partition coefficient (Wildman–Crippen LogP) is 1.72. The molecule has 0 spiro atoms. The Hall–Kier alpha value is -1.23. The number of rotatable bonds is 10. The van der Waals surface area contributed by atoms with Gasteiger partial charge in [-0.15, -0.1) is 5.10 Å². The third-order valence-electron chi connectivity index (χ3n) is 2.62. The molecule has 0 saturated carbocycles. The summed E-state index contributed by atoms with van der Waals surface area (Å²) in [6.07, 6.45) is 1.58. The molecule has 0 aliphatic rings. The van der Waals surface area contributed by atoms with Crippen LogP contribution in [0.5, 0.6) is 0 Å². The van der Waals surface area contributed by atoms with Crippen molar-refractivity contribution in [2.24, 2.45) is 0 Å². The lowest BCUT2D eigenvalue weighted by atomic mass is 10.3. The van der Waals surface area contributed by atoms with Gasteiger partial charge in [0.05, 0.1) is 12.7 Å². The van der Waals surface area contributed by atoms with Crippen molar-refractivity contribution in [2.75, 3.05) is 38.7 Å². The van der Waals surface area contributed by atoms with E-state index in [9.17, 15) is 0 Å². The van der Waals surface area contributed by atoms with Crippen LogP contribution in [0.25, 0.3) is 0 Å². The zero-order valence-corrected chi connectivity index (χ0v) is 12.4. The van der Waals surface area contributed by atoms with E-state index in [0.717, 1.165) is 36.8 Å². The largest absolute Gasteiger partial charge is 0.383 e. The smallest absolute Gasteiger partial charge is 0.134 e. The molecule has 0 aromatic carbocycles. The molecule has 6 nitrogen and oxygen atoms in total. The molecule has 0 bridgehead atoms. The first-order chi connectivity index (χ1) is 9.31. The maximum Gasteiger partial charge on any atom is 0.134 e. The van der Waals surface area contributed by atoms with Crippen LogP contribution < -0.4 is 5.32 Å². The minimum atomic E-state index is 0.513. The van der Waals surface area contributed by atoms with Crippen molar-refractivity contribution in [1.82, 2.24) is 14.5 Å². The number of nitriles is 1. The van der Waals surface area contributed by atoms with Crippen LogP contribution in [0.2, 0.25) is 0 Å². The Kier molecular flexibility index (Phi) is 8.05. The Morgan fingerprint density at radius 1 is 1.47 bits per heavy atom. The minimum Gasteiger partial charge on any atom is -0.383 e. The summed E-state index contributed by atoms with van der Waals surface area (Å²) in [5, 5.41) is 17.2. The Balaban J connectivity index is 2.56. The zero-order chi connectivity index (χ0) is 13.9. The summed E-state index contributed by atoms with van der Waals surface area (Å²) in [4.78, 5) is 2.17. The molecule has 1 heterocycles. The van der Waals surface area contributed by atoms with Crippen molar-refractivity contribution in [3.8, 4) is 6.07 Å². The van der Waals surface area contributed by atoms with Crippen LogP contribution in [0.15, 0.2) is 0 Å². The van der Waals surface area contributed by atoms with Crippen LogP contribution in [0.3, 0.4) is 0 Å². The van der Waals surface area contributed by atoms with E-state index in [-0.39, 0.29) is 0 Å². The number of methoxy groups -OCH3 is 1. The van der Waals surface area contributed by atoms with Crippen LogP contribution in [-0.2, 0) is 11.3 Å². The Bertz CT molecular complexity index is 390. The molecule has 0 amide bonds. The van der Waals surface area contributed by atoms with Crippen molar-refractivity contribution in [1.29, 1.82) is 5.26 Å². The quantitative estimate of drug-likeness (QED) is 0.705. The molecule has 1 rings (SSSR count). The van der Waals surface area contributed by atoms with E-state index in [1.165, 1.54) is 11.5 Å². The summed E-state index contributed by atoms with van der Waals surface area (Å²) in [7, 11) is 1.68. The fourth-order valence-corrected chi connectivity index (χ4v) is 2.19. The number of ether oxygens (including phenoxy) is 1. The summed E-state index contributed by atoms with van der Waals surface area (Å²) in [5.41, 5.74) is 0.951. The second kappa shape index (κ2) is 9.67. The molecule has 0 saturated heterocycles. The average Bonchev–Trinajstić information content (AvgIpc) is 2.86. The highest BCUT2D eigenvalue weighted by Crippen LogP contribution is 2.19. The second-order valence-corrected chi connectivity index (χ2v) is 4.91. The maximum atomic E-state index is 8.69. The van der Waals surface area contributed by atoms with Gasteiger partial charge in [0, 0.05) is 51.2 Å². The van der Waals surface area contributed by atoms with Crippen molar-refractivity contribution >= 4 is 16.5 Å². The first-order valence-corrected chi connectivity index (χ1v) is 7.22. The van der Waals surface area contributed by atoms with Gasteiger partial charge in [-0.1, -0.05) is 11.4 Å². The number of hydrogen-bond acceptors (Lipinski definition) is 7. The van der Waals surface area contributed by atoms with Gasteiger partial charge in [-0.05, 0) is 6.42 Å². The lowest BCUT2D eigenvalue weighted by molar-refractivity contribution is 0.144. The van der Waals surface area contributed by atoms with E-state index >= 15 is 0 Å². The second-order valence-electron chi connectivity index (χ2n) is 4.15. The minimum absolute atomic E-state index is 0.513. The van der Waals surface area contributed by atoms with Crippen LogP contribution in [0.1, 0.15) is 25.5 Å². The van der Waals surface area contributed by atoms with Gasteiger partial charge < -0.3 is 10.1 Å². The molecule has 1 aromatic heterocycles. The van der Waals surface area contributed by atoms with E-state index in [1.807, 2.05) is 0 Å². The van der Waals surface area contributed by atoms with Crippen LogP contribution in [0.4, 0.5) is 5.00 Å². The van der Waals surface area contributed by atoms with Crippen LogP contribution >= 0.6 is 11.5 Å². The fourth-order valence-electron chi connectivity index (χ4n) is 1.60.